The first-order chi connectivity index (χ1) is 8.70. The molecule has 18 heavy (non-hydrogen) atoms. The highest BCUT2D eigenvalue weighted by molar-refractivity contribution is 5.69. The minimum Gasteiger partial charge on any atom is -0.433 e. The van der Waals surface area contributed by atoms with E-state index < -0.39 is 12.3 Å². The molecule has 0 aliphatic carbocycles. The molecule has 0 aromatic rings. The molecule has 6 nitrogen and oxygen atoms in total. The maximum atomic E-state index is 11.2. The number of aliphatic hydroxyl groups is 2. The van der Waals surface area contributed by atoms with Gasteiger partial charge in [-0.1, -0.05) is 19.8 Å². The highest BCUT2D eigenvalue weighted by Crippen LogP contribution is 2.02. The first-order valence-electron chi connectivity index (χ1n) is 6.34. The molecule has 0 radical (unpaired) electrons. The number of hydrogen-bond donors (Lipinski definition) is 2. The summed E-state index contributed by atoms with van der Waals surface area (Å²) >= 11 is 0. The van der Waals surface area contributed by atoms with E-state index in [4.69, 9.17) is 19.3 Å². The summed E-state index contributed by atoms with van der Waals surface area (Å²) in [5, 5.41) is 17.8. The van der Waals surface area contributed by atoms with E-state index in [0.29, 0.717) is 13.0 Å². The topological polar surface area (TPSA) is 85.2 Å². The summed E-state index contributed by atoms with van der Waals surface area (Å²) in [6, 6.07) is 0. The maximum Gasteiger partial charge on any atom is 0.308 e. The van der Waals surface area contributed by atoms with Crippen molar-refractivity contribution < 1.29 is 29.2 Å². The maximum absolute atomic E-state index is 11.2. The van der Waals surface area contributed by atoms with Gasteiger partial charge in [0, 0.05) is 6.42 Å². The van der Waals surface area contributed by atoms with Gasteiger partial charge in [0.15, 0.2) is 0 Å². The van der Waals surface area contributed by atoms with Crippen molar-refractivity contribution in [2.45, 2.75) is 38.9 Å². The molecule has 108 valence electrons. The van der Waals surface area contributed by atoms with E-state index in [-0.39, 0.29) is 26.4 Å². The number of rotatable bonds is 12. The molecule has 0 aromatic carbocycles. The van der Waals surface area contributed by atoms with Gasteiger partial charge in [-0.25, -0.2) is 0 Å². The summed E-state index contributed by atoms with van der Waals surface area (Å²) in [6.45, 7) is 2.83. The largest absolute Gasteiger partial charge is 0.433 e. The van der Waals surface area contributed by atoms with Crippen LogP contribution in [0.3, 0.4) is 0 Å². The predicted octanol–water partition coefficient (Wildman–Crippen LogP) is 0.454. The molecule has 0 heterocycles. The molecular weight excluding hydrogens is 240 g/mol. The third-order valence-corrected chi connectivity index (χ3v) is 2.12. The molecule has 0 aromatic heterocycles. The quantitative estimate of drug-likeness (QED) is 0.302. The highest BCUT2D eigenvalue weighted by Gasteiger charge is 2.10. The van der Waals surface area contributed by atoms with E-state index in [2.05, 4.69) is 0 Å². The van der Waals surface area contributed by atoms with Gasteiger partial charge in [0.1, 0.15) is 6.61 Å². The van der Waals surface area contributed by atoms with Crippen molar-refractivity contribution in [2.24, 2.45) is 0 Å². The van der Waals surface area contributed by atoms with Crippen LogP contribution >= 0.6 is 0 Å². The van der Waals surface area contributed by atoms with E-state index in [0.717, 1.165) is 19.3 Å². The molecular formula is C12H24O6. The smallest absolute Gasteiger partial charge is 0.308 e. The Labute approximate surface area is 108 Å². The molecule has 1 atom stereocenters. The molecule has 2 N–H and O–H groups in total. The Bertz CT molecular complexity index is 197. The van der Waals surface area contributed by atoms with Crippen LogP contribution in [-0.2, 0) is 19.0 Å². The second-order valence-electron chi connectivity index (χ2n) is 3.81. The fraction of sp³-hybridized carbons (Fsp3) is 0.917. The van der Waals surface area contributed by atoms with E-state index in [1.165, 1.54) is 0 Å². The summed E-state index contributed by atoms with van der Waals surface area (Å²) < 4.78 is 14.7. The highest BCUT2D eigenvalue weighted by atomic mass is 16.7. The summed E-state index contributed by atoms with van der Waals surface area (Å²) in [5.74, 6) is -0.406. The fourth-order valence-electron chi connectivity index (χ4n) is 1.23. The monoisotopic (exact) mass is 264 g/mol. The Hall–Kier alpha value is -0.690. The van der Waals surface area contributed by atoms with Crippen LogP contribution in [0.15, 0.2) is 0 Å². The van der Waals surface area contributed by atoms with Crippen LogP contribution in [0.1, 0.15) is 32.6 Å². The molecule has 1 unspecified atom stereocenters. The van der Waals surface area contributed by atoms with Crippen molar-refractivity contribution in [2.75, 3.05) is 33.0 Å². The first kappa shape index (κ1) is 17.3. The van der Waals surface area contributed by atoms with Gasteiger partial charge in [0.05, 0.1) is 26.4 Å². The Morgan fingerprint density at radius 1 is 1.17 bits per heavy atom. The standard InChI is InChI=1S/C12H24O6/c1-2-3-4-5-11(14)18-12(15)10-17-9-8-16-7-6-13/h12-13,15H,2-10H2,1H3. The summed E-state index contributed by atoms with van der Waals surface area (Å²) in [7, 11) is 0. The molecule has 0 fully saturated rings. The van der Waals surface area contributed by atoms with Gasteiger partial charge in [0.2, 0.25) is 6.29 Å². The SMILES string of the molecule is CCCCCC(=O)OC(O)COCCOCCO. The first-order valence-corrected chi connectivity index (χ1v) is 6.34. The van der Waals surface area contributed by atoms with Gasteiger partial charge in [-0.2, -0.15) is 0 Å². The molecule has 0 bridgehead atoms. The number of unbranched alkanes of at least 4 members (excludes halogenated alkanes) is 2. The Morgan fingerprint density at radius 2 is 1.89 bits per heavy atom. The van der Waals surface area contributed by atoms with E-state index in [1.807, 2.05) is 6.92 Å². The summed E-state index contributed by atoms with van der Waals surface area (Å²) in [4.78, 5) is 11.2. The van der Waals surface area contributed by atoms with E-state index in [1.54, 1.807) is 0 Å². The number of carbonyl (C=O) groups excluding carboxylic acids is 1. The lowest BCUT2D eigenvalue weighted by atomic mass is 10.2. The van der Waals surface area contributed by atoms with Crippen molar-refractivity contribution in [3.63, 3.8) is 0 Å². The fourth-order valence-corrected chi connectivity index (χ4v) is 1.23. The molecule has 0 rings (SSSR count). The summed E-state index contributed by atoms with van der Waals surface area (Å²) in [5.41, 5.74) is 0. The Kier molecular flexibility index (Phi) is 12.3. The zero-order valence-electron chi connectivity index (χ0n) is 11.0. The third kappa shape index (κ3) is 11.8. The molecule has 0 saturated heterocycles. The van der Waals surface area contributed by atoms with E-state index >= 15 is 0 Å². The minimum absolute atomic E-state index is 0.0298. The van der Waals surface area contributed by atoms with Crippen LogP contribution in [0.5, 0.6) is 0 Å². The number of carbonyl (C=O) groups is 1. The van der Waals surface area contributed by atoms with E-state index in [9.17, 15) is 9.90 Å². The minimum atomic E-state index is -1.23. The second-order valence-corrected chi connectivity index (χ2v) is 3.81. The van der Waals surface area contributed by atoms with Crippen molar-refractivity contribution in [1.82, 2.24) is 0 Å². The van der Waals surface area contributed by atoms with Crippen molar-refractivity contribution in [3.05, 3.63) is 0 Å². The third-order valence-electron chi connectivity index (χ3n) is 2.12. The molecule has 0 aliphatic rings. The molecule has 6 heteroatoms. The predicted molar refractivity (Wildman–Crippen MR) is 65.0 cm³/mol. The number of aliphatic hydroxyl groups excluding tert-OH is 2. The number of hydrogen-bond acceptors (Lipinski definition) is 6. The van der Waals surface area contributed by atoms with Crippen molar-refractivity contribution in [1.29, 1.82) is 0 Å². The number of esters is 1. The van der Waals surface area contributed by atoms with Crippen LogP contribution < -0.4 is 0 Å². The van der Waals surface area contributed by atoms with Gasteiger partial charge < -0.3 is 24.4 Å². The van der Waals surface area contributed by atoms with Gasteiger partial charge >= 0.3 is 5.97 Å². The molecule has 0 spiro atoms. The lowest BCUT2D eigenvalue weighted by Crippen LogP contribution is -2.24. The van der Waals surface area contributed by atoms with Crippen LogP contribution in [0.25, 0.3) is 0 Å². The van der Waals surface area contributed by atoms with Crippen molar-refractivity contribution >= 4 is 5.97 Å². The zero-order valence-corrected chi connectivity index (χ0v) is 11.0. The number of ether oxygens (including phenoxy) is 3. The summed E-state index contributed by atoms with van der Waals surface area (Å²) in [6.07, 6.45) is 1.89. The van der Waals surface area contributed by atoms with Gasteiger partial charge in [-0.15, -0.1) is 0 Å². The average Bonchev–Trinajstić information content (AvgIpc) is 2.34. The zero-order chi connectivity index (χ0) is 13.6. The van der Waals surface area contributed by atoms with Crippen LogP contribution in [0.2, 0.25) is 0 Å². The van der Waals surface area contributed by atoms with Gasteiger partial charge in [0.25, 0.3) is 0 Å². The Morgan fingerprint density at radius 3 is 2.56 bits per heavy atom. The normalized spacial score (nSPS) is 12.4. The van der Waals surface area contributed by atoms with Crippen LogP contribution in [0.4, 0.5) is 0 Å². The molecule has 0 aliphatic heterocycles. The average molecular weight is 264 g/mol. The second kappa shape index (κ2) is 12.8. The lowest BCUT2D eigenvalue weighted by Gasteiger charge is -2.12. The van der Waals surface area contributed by atoms with Gasteiger partial charge in [-0.05, 0) is 6.42 Å². The van der Waals surface area contributed by atoms with Crippen LogP contribution in [0, 0.1) is 0 Å². The Balaban J connectivity index is 3.35. The van der Waals surface area contributed by atoms with Crippen molar-refractivity contribution in [3.8, 4) is 0 Å². The molecule has 0 saturated carbocycles. The lowest BCUT2D eigenvalue weighted by molar-refractivity contribution is -0.177. The molecule has 0 amide bonds. The van der Waals surface area contributed by atoms with Gasteiger partial charge in [-0.3, -0.25) is 4.79 Å². The van der Waals surface area contributed by atoms with Crippen LogP contribution in [-0.4, -0.2) is 55.5 Å².